The first kappa shape index (κ1) is 11.6. The van der Waals surface area contributed by atoms with E-state index in [-0.39, 0.29) is 5.92 Å². The van der Waals surface area contributed by atoms with Gasteiger partial charge in [-0.05, 0) is 31.4 Å². The molecule has 3 nitrogen and oxygen atoms in total. The van der Waals surface area contributed by atoms with Gasteiger partial charge in [0.1, 0.15) is 0 Å². The van der Waals surface area contributed by atoms with Crippen molar-refractivity contribution in [3.63, 3.8) is 0 Å². The van der Waals surface area contributed by atoms with E-state index in [4.69, 9.17) is 0 Å². The highest BCUT2D eigenvalue weighted by Gasteiger charge is 2.29. The second kappa shape index (κ2) is 5.01. The third-order valence-electron chi connectivity index (χ3n) is 4.04. The molecule has 0 saturated heterocycles. The standard InChI is InChI=1S/C15H20N2O/c18-15(12-6-1-2-7-12)17-11-5-10-16-13-8-3-4-9-14(13)17/h3-4,8-9,12,16H,1-2,5-7,10-11H2. The van der Waals surface area contributed by atoms with Crippen LogP contribution >= 0.6 is 0 Å². The van der Waals surface area contributed by atoms with Crippen molar-refractivity contribution >= 4 is 17.3 Å². The molecular weight excluding hydrogens is 224 g/mol. The Labute approximate surface area is 108 Å². The maximum absolute atomic E-state index is 12.6. The van der Waals surface area contributed by atoms with Gasteiger partial charge in [-0.15, -0.1) is 0 Å². The van der Waals surface area contributed by atoms with Crippen molar-refractivity contribution in [2.45, 2.75) is 32.1 Å². The number of anilines is 2. The third kappa shape index (κ3) is 2.09. The van der Waals surface area contributed by atoms with Gasteiger partial charge in [-0.3, -0.25) is 4.79 Å². The number of carbonyl (C=O) groups excluding carboxylic acids is 1. The highest BCUT2D eigenvalue weighted by molar-refractivity contribution is 5.98. The summed E-state index contributed by atoms with van der Waals surface area (Å²) in [7, 11) is 0. The number of nitrogens with zero attached hydrogens (tertiary/aromatic N) is 1. The smallest absolute Gasteiger partial charge is 0.230 e. The van der Waals surface area contributed by atoms with Crippen molar-refractivity contribution in [2.24, 2.45) is 5.92 Å². The Balaban J connectivity index is 1.88. The molecule has 1 aromatic carbocycles. The minimum Gasteiger partial charge on any atom is -0.383 e. The van der Waals surface area contributed by atoms with Crippen LogP contribution in [0, 0.1) is 5.92 Å². The molecule has 0 spiro atoms. The average molecular weight is 244 g/mol. The maximum Gasteiger partial charge on any atom is 0.230 e. The number of fused-ring (bicyclic) bond motifs is 1. The zero-order chi connectivity index (χ0) is 12.4. The summed E-state index contributed by atoms with van der Waals surface area (Å²) in [5.41, 5.74) is 2.16. The number of para-hydroxylation sites is 2. The van der Waals surface area contributed by atoms with Gasteiger partial charge in [-0.25, -0.2) is 0 Å². The quantitative estimate of drug-likeness (QED) is 0.823. The van der Waals surface area contributed by atoms with E-state index in [0.717, 1.165) is 43.7 Å². The third-order valence-corrected chi connectivity index (χ3v) is 4.04. The second-order valence-corrected chi connectivity index (χ2v) is 5.27. The number of hydrogen-bond donors (Lipinski definition) is 1. The van der Waals surface area contributed by atoms with Gasteiger partial charge in [-0.1, -0.05) is 25.0 Å². The fourth-order valence-corrected chi connectivity index (χ4v) is 3.06. The topological polar surface area (TPSA) is 32.3 Å². The molecule has 0 bridgehead atoms. The fourth-order valence-electron chi connectivity index (χ4n) is 3.06. The van der Waals surface area contributed by atoms with Crippen LogP contribution in [0.25, 0.3) is 0 Å². The number of benzene rings is 1. The molecule has 1 aliphatic heterocycles. The maximum atomic E-state index is 12.6. The zero-order valence-electron chi connectivity index (χ0n) is 10.7. The van der Waals surface area contributed by atoms with Gasteiger partial charge >= 0.3 is 0 Å². The minimum atomic E-state index is 0.260. The number of nitrogens with one attached hydrogen (secondary N) is 1. The van der Waals surface area contributed by atoms with Gasteiger partial charge in [0.05, 0.1) is 11.4 Å². The van der Waals surface area contributed by atoms with Gasteiger partial charge in [0.25, 0.3) is 0 Å². The Morgan fingerprint density at radius 1 is 1.17 bits per heavy atom. The van der Waals surface area contributed by atoms with Crippen LogP contribution < -0.4 is 10.2 Å². The molecule has 0 atom stereocenters. The predicted molar refractivity (Wildman–Crippen MR) is 73.9 cm³/mol. The first-order valence-corrected chi connectivity index (χ1v) is 7.00. The molecule has 1 aliphatic carbocycles. The zero-order valence-corrected chi connectivity index (χ0v) is 10.7. The van der Waals surface area contributed by atoms with Gasteiger partial charge in [0.2, 0.25) is 5.91 Å². The largest absolute Gasteiger partial charge is 0.383 e. The Hall–Kier alpha value is -1.51. The molecule has 3 rings (SSSR count). The Kier molecular flexibility index (Phi) is 3.22. The van der Waals surface area contributed by atoms with Gasteiger partial charge in [-0.2, -0.15) is 0 Å². The van der Waals surface area contributed by atoms with Crippen LogP contribution in [0.3, 0.4) is 0 Å². The summed E-state index contributed by atoms with van der Waals surface area (Å²) in [6.07, 6.45) is 5.59. The molecule has 1 aromatic rings. The number of carbonyl (C=O) groups is 1. The summed E-state index contributed by atoms with van der Waals surface area (Å²) in [6, 6.07) is 8.16. The van der Waals surface area contributed by atoms with Gasteiger partial charge in [0.15, 0.2) is 0 Å². The SMILES string of the molecule is O=C(C1CCCC1)N1CCCNc2ccccc21. The van der Waals surface area contributed by atoms with E-state index in [9.17, 15) is 4.79 Å². The summed E-state index contributed by atoms with van der Waals surface area (Å²) >= 11 is 0. The van der Waals surface area contributed by atoms with Gasteiger partial charge in [0, 0.05) is 19.0 Å². The molecule has 0 radical (unpaired) electrons. The van der Waals surface area contributed by atoms with E-state index in [1.54, 1.807) is 0 Å². The van der Waals surface area contributed by atoms with Crippen LogP contribution in [0.5, 0.6) is 0 Å². The predicted octanol–water partition coefficient (Wildman–Crippen LogP) is 3.03. The minimum absolute atomic E-state index is 0.260. The van der Waals surface area contributed by atoms with Crippen molar-refractivity contribution in [3.05, 3.63) is 24.3 Å². The first-order chi connectivity index (χ1) is 8.86. The molecular formula is C15H20N2O. The van der Waals surface area contributed by atoms with E-state index in [1.807, 2.05) is 17.0 Å². The summed E-state index contributed by atoms with van der Waals surface area (Å²) in [4.78, 5) is 14.6. The Bertz CT molecular complexity index is 438. The van der Waals surface area contributed by atoms with Crippen LogP contribution in [-0.4, -0.2) is 19.0 Å². The molecule has 1 amide bonds. The Morgan fingerprint density at radius 2 is 1.94 bits per heavy atom. The lowest BCUT2D eigenvalue weighted by Crippen LogP contribution is -2.35. The summed E-state index contributed by atoms with van der Waals surface area (Å²) in [5.74, 6) is 0.597. The lowest BCUT2D eigenvalue weighted by Gasteiger charge is -2.25. The second-order valence-electron chi connectivity index (χ2n) is 5.27. The molecule has 1 N–H and O–H groups in total. The van der Waals surface area contributed by atoms with Crippen LogP contribution in [0.1, 0.15) is 32.1 Å². The number of hydrogen-bond acceptors (Lipinski definition) is 2. The number of rotatable bonds is 1. The Morgan fingerprint density at radius 3 is 2.78 bits per heavy atom. The lowest BCUT2D eigenvalue weighted by atomic mass is 10.1. The van der Waals surface area contributed by atoms with Crippen LogP contribution in [0.2, 0.25) is 0 Å². The van der Waals surface area contributed by atoms with Crippen LogP contribution in [0.4, 0.5) is 11.4 Å². The van der Waals surface area contributed by atoms with E-state index in [1.165, 1.54) is 12.8 Å². The van der Waals surface area contributed by atoms with E-state index in [2.05, 4.69) is 17.4 Å². The van der Waals surface area contributed by atoms with Crippen LogP contribution in [0.15, 0.2) is 24.3 Å². The highest BCUT2D eigenvalue weighted by atomic mass is 16.2. The van der Waals surface area contributed by atoms with Crippen molar-refractivity contribution in [1.29, 1.82) is 0 Å². The lowest BCUT2D eigenvalue weighted by molar-refractivity contribution is -0.122. The van der Waals surface area contributed by atoms with Crippen molar-refractivity contribution in [1.82, 2.24) is 0 Å². The molecule has 18 heavy (non-hydrogen) atoms. The van der Waals surface area contributed by atoms with Gasteiger partial charge < -0.3 is 10.2 Å². The molecule has 0 aromatic heterocycles. The van der Waals surface area contributed by atoms with E-state index < -0.39 is 0 Å². The fraction of sp³-hybridized carbons (Fsp3) is 0.533. The van der Waals surface area contributed by atoms with Crippen molar-refractivity contribution < 1.29 is 4.79 Å². The first-order valence-electron chi connectivity index (χ1n) is 7.00. The summed E-state index contributed by atoms with van der Waals surface area (Å²) in [6.45, 7) is 1.80. The summed E-state index contributed by atoms with van der Waals surface area (Å²) in [5, 5.41) is 3.41. The molecule has 0 unspecified atom stereocenters. The monoisotopic (exact) mass is 244 g/mol. The molecule has 1 heterocycles. The molecule has 3 heteroatoms. The average Bonchev–Trinajstić information content (AvgIpc) is 2.85. The van der Waals surface area contributed by atoms with E-state index in [0.29, 0.717) is 5.91 Å². The molecule has 96 valence electrons. The molecule has 1 fully saturated rings. The van der Waals surface area contributed by atoms with Crippen molar-refractivity contribution in [2.75, 3.05) is 23.3 Å². The summed E-state index contributed by atoms with van der Waals surface area (Å²) < 4.78 is 0. The molecule has 2 aliphatic rings. The highest BCUT2D eigenvalue weighted by Crippen LogP contribution is 2.33. The normalized spacial score (nSPS) is 20.1. The van der Waals surface area contributed by atoms with Crippen LogP contribution in [-0.2, 0) is 4.79 Å². The van der Waals surface area contributed by atoms with Crippen molar-refractivity contribution in [3.8, 4) is 0 Å². The van der Waals surface area contributed by atoms with E-state index >= 15 is 0 Å². The molecule has 1 saturated carbocycles. The number of amides is 1.